The Kier molecular flexibility index (Phi) is 7.62. The Morgan fingerprint density at radius 2 is 1.82 bits per heavy atom. The first kappa shape index (κ1) is 26.8. The number of benzene rings is 2. The number of aryl methyl sites for hydroxylation is 1. The number of nitro benzene ring substituents is 1. The Hall–Kier alpha value is -3.83. The van der Waals surface area contributed by atoms with Crippen LogP contribution in [0.2, 0.25) is 0 Å². The molecule has 11 nitrogen and oxygen atoms in total. The molecule has 3 amide bonds. The van der Waals surface area contributed by atoms with E-state index in [1.54, 1.807) is 28.0 Å². The zero-order chi connectivity index (χ0) is 27.6. The number of ether oxygens (including phenoxy) is 2. The van der Waals surface area contributed by atoms with Crippen molar-refractivity contribution in [2.75, 3.05) is 32.8 Å². The lowest BCUT2D eigenvalue weighted by Crippen LogP contribution is -2.60. The Morgan fingerprint density at radius 3 is 2.49 bits per heavy atom. The number of carbonyl (C=O) groups excluding carboxylic acids is 3. The minimum Gasteiger partial charge on any atom is -0.376 e. The van der Waals surface area contributed by atoms with Gasteiger partial charge in [-0.3, -0.25) is 29.4 Å². The van der Waals surface area contributed by atoms with Gasteiger partial charge in [-0.15, -0.1) is 0 Å². The van der Waals surface area contributed by atoms with Crippen molar-refractivity contribution in [2.24, 2.45) is 0 Å². The molecule has 0 aliphatic carbocycles. The topological polar surface area (TPSA) is 131 Å². The zero-order valence-corrected chi connectivity index (χ0v) is 21.8. The van der Waals surface area contributed by atoms with Gasteiger partial charge in [-0.1, -0.05) is 23.8 Å². The highest BCUT2D eigenvalue weighted by molar-refractivity contribution is 5.99. The van der Waals surface area contributed by atoms with Gasteiger partial charge in [0.1, 0.15) is 11.8 Å². The van der Waals surface area contributed by atoms with Crippen LogP contribution < -0.4 is 5.32 Å². The minimum absolute atomic E-state index is 0.0328. The van der Waals surface area contributed by atoms with Gasteiger partial charge in [0.2, 0.25) is 5.91 Å². The van der Waals surface area contributed by atoms with Crippen LogP contribution in [-0.2, 0) is 14.3 Å². The van der Waals surface area contributed by atoms with Crippen molar-refractivity contribution in [3.05, 3.63) is 75.3 Å². The second-order valence-corrected chi connectivity index (χ2v) is 10.3. The third-order valence-electron chi connectivity index (χ3n) is 7.74. The Balaban J connectivity index is 1.34. The molecule has 0 saturated carbocycles. The van der Waals surface area contributed by atoms with Gasteiger partial charge in [0.15, 0.2) is 0 Å². The molecule has 0 unspecified atom stereocenters. The van der Waals surface area contributed by atoms with Crippen LogP contribution in [0.1, 0.15) is 52.0 Å². The summed E-state index contributed by atoms with van der Waals surface area (Å²) in [6, 6.07) is 12.0. The fourth-order valence-electron chi connectivity index (χ4n) is 5.53. The molecule has 3 aliphatic heterocycles. The van der Waals surface area contributed by atoms with Gasteiger partial charge >= 0.3 is 0 Å². The number of amides is 3. The molecule has 2 atom stereocenters. The molecule has 5 rings (SSSR count). The molecule has 11 heteroatoms. The normalized spacial score (nSPS) is 22.2. The number of hydrogen-bond acceptors (Lipinski definition) is 7. The summed E-state index contributed by atoms with van der Waals surface area (Å²) in [5, 5.41) is 14.1. The van der Waals surface area contributed by atoms with E-state index in [4.69, 9.17) is 9.47 Å². The second-order valence-electron chi connectivity index (χ2n) is 10.3. The van der Waals surface area contributed by atoms with E-state index in [0.717, 1.165) is 18.4 Å². The van der Waals surface area contributed by atoms with E-state index in [2.05, 4.69) is 5.32 Å². The lowest BCUT2D eigenvalue weighted by atomic mass is 9.96. The number of nitrogens with zero attached hydrogens (tertiary/aromatic N) is 3. The minimum atomic E-state index is -1.05. The van der Waals surface area contributed by atoms with Crippen LogP contribution in [0.15, 0.2) is 48.5 Å². The van der Waals surface area contributed by atoms with Crippen molar-refractivity contribution in [1.29, 1.82) is 0 Å². The van der Waals surface area contributed by atoms with Crippen LogP contribution in [0.3, 0.4) is 0 Å². The van der Waals surface area contributed by atoms with Gasteiger partial charge in [0.05, 0.1) is 17.6 Å². The highest BCUT2D eigenvalue weighted by Crippen LogP contribution is 2.39. The molecule has 3 saturated heterocycles. The summed E-state index contributed by atoms with van der Waals surface area (Å²) in [4.78, 5) is 54.1. The molecule has 3 aliphatic rings. The Bertz CT molecular complexity index is 1250. The van der Waals surface area contributed by atoms with Crippen molar-refractivity contribution in [3.8, 4) is 0 Å². The van der Waals surface area contributed by atoms with Crippen LogP contribution in [0, 0.1) is 17.0 Å². The first-order valence-corrected chi connectivity index (χ1v) is 13.2. The molecule has 0 bridgehead atoms. The smallest absolute Gasteiger partial charge is 0.270 e. The average molecular weight is 537 g/mol. The van der Waals surface area contributed by atoms with Crippen molar-refractivity contribution in [2.45, 2.75) is 50.5 Å². The molecule has 0 aromatic heterocycles. The van der Waals surface area contributed by atoms with Crippen LogP contribution >= 0.6 is 0 Å². The molecule has 3 fully saturated rings. The molecular weight excluding hydrogens is 504 g/mol. The Morgan fingerprint density at radius 1 is 1.08 bits per heavy atom. The first-order chi connectivity index (χ1) is 18.8. The predicted octanol–water partition coefficient (Wildman–Crippen LogP) is 2.67. The van der Waals surface area contributed by atoms with Crippen LogP contribution in [-0.4, -0.2) is 83.2 Å². The van der Waals surface area contributed by atoms with Crippen LogP contribution in [0.25, 0.3) is 0 Å². The van der Waals surface area contributed by atoms with Crippen molar-refractivity contribution < 1.29 is 28.8 Å². The summed E-state index contributed by atoms with van der Waals surface area (Å²) >= 11 is 0. The molecule has 1 spiro atoms. The van der Waals surface area contributed by atoms with E-state index >= 15 is 0 Å². The van der Waals surface area contributed by atoms with Gasteiger partial charge in [0.25, 0.3) is 17.5 Å². The predicted molar refractivity (Wildman–Crippen MR) is 140 cm³/mol. The standard InChI is InChI=1S/C28H32N4O7/c1-19-7-9-20(10-8-19)27(35)31-24(25(33)29-17-23-6-3-15-38-23)18-39-28(31)11-13-30(14-12-28)26(34)21-4-2-5-22(16-21)32(36)37/h2,4-5,7-10,16,23-24H,3,6,11-15,17-18H2,1H3,(H,29,33)/t23-,24+/m0/s1. The van der Waals surface area contributed by atoms with Gasteiger partial charge in [-0.2, -0.15) is 0 Å². The van der Waals surface area contributed by atoms with Crippen LogP contribution in [0.5, 0.6) is 0 Å². The fourth-order valence-corrected chi connectivity index (χ4v) is 5.53. The number of non-ortho nitro benzene ring substituents is 1. The average Bonchev–Trinajstić information content (AvgIpc) is 3.60. The summed E-state index contributed by atoms with van der Waals surface area (Å²) in [5.74, 6) is -0.921. The van der Waals surface area contributed by atoms with Crippen molar-refractivity contribution in [3.63, 3.8) is 0 Å². The third kappa shape index (κ3) is 5.50. The number of carbonyl (C=O) groups is 3. The van der Waals surface area contributed by atoms with Gasteiger partial charge < -0.3 is 19.7 Å². The summed E-state index contributed by atoms with van der Waals surface area (Å²) in [6.45, 7) is 3.57. The maximum Gasteiger partial charge on any atom is 0.270 e. The number of likely N-dealkylation sites (tertiary alicyclic amines) is 1. The summed E-state index contributed by atoms with van der Waals surface area (Å²) in [6.07, 6.45) is 2.42. The van der Waals surface area contributed by atoms with Crippen LogP contribution in [0.4, 0.5) is 5.69 Å². The summed E-state index contributed by atoms with van der Waals surface area (Å²) in [7, 11) is 0. The maximum atomic E-state index is 13.8. The highest BCUT2D eigenvalue weighted by Gasteiger charge is 2.54. The van der Waals surface area contributed by atoms with Gasteiger partial charge in [-0.05, 0) is 38.0 Å². The van der Waals surface area contributed by atoms with E-state index in [-0.39, 0.29) is 54.8 Å². The maximum absolute atomic E-state index is 13.8. The zero-order valence-electron chi connectivity index (χ0n) is 21.8. The molecule has 0 radical (unpaired) electrons. The SMILES string of the molecule is Cc1ccc(C(=O)N2[C@@H](C(=O)NC[C@@H]3CCCO3)COC23CCN(C(=O)c2cccc([N+](=O)[O-])c2)CC3)cc1. The number of nitrogens with one attached hydrogen (secondary N) is 1. The fraction of sp³-hybridized carbons (Fsp3) is 0.464. The quantitative estimate of drug-likeness (QED) is 0.444. The van der Waals surface area contributed by atoms with Gasteiger partial charge in [-0.25, -0.2) is 0 Å². The lowest BCUT2D eigenvalue weighted by Gasteiger charge is -2.44. The molecule has 2 aromatic carbocycles. The van der Waals surface area contributed by atoms with Crippen molar-refractivity contribution in [1.82, 2.24) is 15.1 Å². The van der Waals surface area contributed by atoms with E-state index in [0.29, 0.717) is 31.6 Å². The van der Waals surface area contributed by atoms with E-state index in [1.807, 2.05) is 19.1 Å². The largest absolute Gasteiger partial charge is 0.376 e. The third-order valence-corrected chi connectivity index (χ3v) is 7.74. The molecule has 1 N–H and O–H groups in total. The van der Waals surface area contributed by atoms with Gasteiger partial charge in [0, 0.05) is 62.3 Å². The number of hydrogen-bond donors (Lipinski definition) is 1. The highest BCUT2D eigenvalue weighted by atomic mass is 16.6. The summed E-state index contributed by atoms with van der Waals surface area (Å²) < 4.78 is 11.9. The first-order valence-electron chi connectivity index (χ1n) is 13.2. The molecular formula is C28H32N4O7. The molecule has 2 aromatic rings. The van der Waals surface area contributed by atoms with E-state index < -0.39 is 16.7 Å². The lowest BCUT2D eigenvalue weighted by molar-refractivity contribution is -0.384. The van der Waals surface area contributed by atoms with E-state index in [9.17, 15) is 24.5 Å². The summed E-state index contributed by atoms with van der Waals surface area (Å²) in [5.41, 5.74) is 0.495. The molecule has 206 valence electrons. The molecule has 3 heterocycles. The van der Waals surface area contributed by atoms with E-state index in [1.165, 1.54) is 18.2 Å². The molecule has 39 heavy (non-hydrogen) atoms. The number of nitro groups is 1. The number of piperidine rings is 1. The van der Waals surface area contributed by atoms with Crippen molar-refractivity contribution >= 4 is 23.4 Å². The second kappa shape index (κ2) is 11.1. The monoisotopic (exact) mass is 536 g/mol. The number of rotatable bonds is 6. The Labute approximate surface area is 226 Å².